The van der Waals surface area contributed by atoms with E-state index in [1.165, 1.54) is 26.8 Å². The van der Waals surface area contributed by atoms with Crippen LogP contribution < -0.4 is 20.9 Å². The molecule has 3 atom stereocenters. The summed E-state index contributed by atoms with van der Waals surface area (Å²) >= 11 is 0.959. The van der Waals surface area contributed by atoms with Crippen LogP contribution in [0.3, 0.4) is 0 Å². The van der Waals surface area contributed by atoms with Crippen LogP contribution in [0.5, 0.6) is 0 Å². The highest BCUT2D eigenvalue weighted by molar-refractivity contribution is 7.52. The lowest BCUT2D eigenvalue weighted by Gasteiger charge is -2.36. The molecule has 5 heterocycles. The topological polar surface area (TPSA) is 232 Å². The van der Waals surface area contributed by atoms with Crippen LogP contribution in [0.4, 0.5) is 14.5 Å². The van der Waals surface area contributed by atoms with Gasteiger partial charge in [-0.05, 0) is 109 Å². The molecule has 392 valence electrons. The highest BCUT2D eigenvalue weighted by Gasteiger charge is 2.50. The summed E-state index contributed by atoms with van der Waals surface area (Å²) < 4.78 is 46.6. The maximum Gasteiger partial charge on any atom is 0.399 e. The highest BCUT2D eigenvalue weighted by Crippen LogP contribution is 2.59. The van der Waals surface area contributed by atoms with E-state index in [1.54, 1.807) is 32.9 Å². The Labute approximate surface area is 430 Å². The number of nitrogens with zero attached hydrogens (tertiary/aromatic N) is 3. The quantitative estimate of drug-likeness (QED) is 0.0384. The number of hydrogen-bond acceptors (Lipinski definition) is 10. The molecule has 7 amide bonds. The Kier molecular flexibility index (Phi) is 16.2. The molecular weight excluding hydrogens is 998 g/mol. The van der Waals surface area contributed by atoms with Crippen molar-refractivity contribution < 1.29 is 61.4 Å². The molecule has 8 rings (SSSR count). The van der Waals surface area contributed by atoms with Crippen molar-refractivity contribution in [2.75, 3.05) is 37.7 Å². The molecule has 0 saturated carbocycles. The van der Waals surface area contributed by atoms with Crippen LogP contribution >= 0.6 is 18.9 Å². The molecule has 3 fully saturated rings. The number of piperidine rings is 1. The van der Waals surface area contributed by atoms with Gasteiger partial charge in [-0.1, -0.05) is 56.9 Å². The number of imide groups is 1. The fraction of sp³-hybridized carbons (Fsp3) is 0.453. The minimum Gasteiger partial charge on any atom is -0.381 e. The van der Waals surface area contributed by atoms with Crippen LogP contribution in [0.25, 0.3) is 10.1 Å². The molecule has 0 spiro atoms. The first kappa shape index (κ1) is 53.9. The average Bonchev–Trinajstić information content (AvgIpc) is 4.12. The molecule has 5 N–H and O–H groups in total. The van der Waals surface area contributed by atoms with E-state index in [2.05, 4.69) is 27.8 Å². The lowest BCUT2D eigenvalue weighted by atomic mass is 9.85. The van der Waals surface area contributed by atoms with Gasteiger partial charge in [-0.2, -0.15) is 8.78 Å². The number of carbonyl (C=O) groups is 7. The molecule has 4 aliphatic heterocycles. The van der Waals surface area contributed by atoms with Crippen LogP contribution in [0.15, 0.2) is 66.7 Å². The number of alkyl halides is 2. The molecule has 17 nitrogen and oxygen atoms in total. The van der Waals surface area contributed by atoms with Crippen molar-refractivity contribution in [1.29, 1.82) is 0 Å². The van der Waals surface area contributed by atoms with Crippen molar-refractivity contribution in [2.45, 2.75) is 115 Å². The second-order valence-electron chi connectivity index (χ2n) is 20.1. The van der Waals surface area contributed by atoms with Crippen LogP contribution in [-0.2, 0) is 45.5 Å². The van der Waals surface area contributed by atoms with Gasteiger partial charge in [0.05, 0.1) is 4.88 Å². The summed E-state index contributed by atoms with van der Waals surface area (Å²) in [6.45, 7) is 7.32. The minimum atomic E-state index is -5.84. The molecule has 3 aromatic carbocycles. The van der Waals surface area contributed by atoms with Crippen molar-refractivity contribution in [3.8, 4) is 11.8 Å². The summed E-state index contributed by atoms with van der Waals surface area (Å²) in [4.78, 5) is 117. The van der Waals surface area contributed by atoms with Crippen molar-refractivity contribution in [3.63, 3.8) is 0 Å². The summed E-state index contributed by atoms with van der Waals surface area (Å²) in [5, 5.41) is 8.21. The van der Waals surface area contributed by atoms with E-state index in [4.69, 9.17) is 4.74 Å². The van der Waals surface area contributed by atoms with E-state index in [1.807, 2.05) is 30.3 Å². The third kappa shape index (κ3) is 11.8. The molecule has 4 aromatic rings. The fourth-order valence-corrected chi connectivity index (χ4v) is 11.3. The molecular formula is C53H59F2N6O11PS. The molecule has 21 heteroatoms. The SMILES string of the molecule is CC(C)(C)[C@H](NC(=O)c1cc2cc(C(F)(F)P(=O)(O)O)ccc2s1)C(=O)N1CCC[C@H]1C(=O)N(CCC(=O)NCCCC#Cc1cccc2c1CN(C1CCC(=O)NC1=O)C2=O)c1ccc(C2CCOCC2)cc1. The number of fused-ring (bicyclic) bond motifs is 2. The standard InChI is InChI=1S/C53H59F2N6O11PS/c1-52(2,3)46(58-48(65)43-30-35-29-36(15-19-42(35)74-43)53(54,55)73(69,70)71)51(68)60-25-8-12-41(60)50(67)59(37-16-13-32(14-17-37)33-22-27-72-28-23-33)26-21-44(62)56-24-6-4-5-9-34-10-7-11-38-39(34)31-61(49(38)66)40-18-20-45(63)57-47(40)64/h7,10-11,13-17,19,29-30,33,40-41,46H,4,6,8,12,18,20-28,31H2,1-3H3,(H,56,62)(H,58,65)(H,57,63,64)(H2,69,70,71)/t40?,41-,46+/m0/s1. The van der Waals surface area contributed by atoms with E-state index >= 15 is 0 Å². The maximum absolute atomic E-state index is 14.8. The van der Waals surface area contributed by atoms with Gasteiger partial charge in [-0.15, -0.1) is 11.3 Å². The summed E-state index contributed by atoms with van der Waals surface area (Å²) in [6.07, 6.45) is 3.84. The zero-order chi connectivity index (χ0) is 53.1. The molecule has 0 radical (unpaired) electrons. The largest absolute Gasteiger partial charge is 0.399 e. The number of ether oxygens (including phenoxy) is 1. The van der Waals surface area contributed by atoms with Gasteiger partial charge < -0.3 is 39.9 Å². The Morgan fingerprint density at radius 2 is 1.73 bits per heavy atom. The van der Waals surface area contributed by atoms with Crippen LogP contribution in [0, 0.1) is 17.3 Å². The number of anilines is 1. The Bertz CT molecular complexity index is 2970. The van der Waals surface area contributed by atoms with Crippen molar-refractivity contribution in [2.24, 2.45) is 5.41 Å². The third-order valence-corrected chi connectivity index (χ3v) is 16.1. The number of likely N-dealkylation sites (tertiary alicyclic amines) is 1. The molecule has 4 aliphatic rings. The number of halogens is 2. The number of benzene rings is 3. The number of carbonyl (C=O) groups excluding carboxylic acids is 7. The first-order valence-electron chi connectivity index (χ1n) is 24.7. The second-order valence-corrected chi connectivity index (χ2v) is 22.8. The van der Waals surface area contributed by atoms with Gasteiger partial charge >= 0.3 is 13.3 Å². The number of amides is 7. The predicted octanol–water partition coefficient (Wildman–Crippen LogP) is 6.29. The summed E-state index contributed by atoms with van der Waals surface area (Å²) in [6, 6.07) is 14.5. The molecule has 0 aliphatic carbocycles. The zero-order valence-corrected chi connectivity index (χ0v) is 43.0. The van der Waals surface area contributed by atoms with Crippen LogP contribution in [0.2, 0.25) is 0 Å². The van der Waals surface area contributed by atoms with E-state index < -0.39 is 66.0 Å². The Hall–Kier alpha value is -6.36. The van der Waals surface area contributed by atoms with Gasteiger partial charge in [0.15, 0.2) is 0 Å². The predicted molar refractivity (Wildman–Crippen MR) is 271 cm³/mol. The first-order chi connectivity index (χ1) is 35.1. The highest BCUT2D eigenvalue weighted by atomic mass is 32.1. The fourth-order valence-electron chi connectivity index (χ4n) is 9.89. The van der Waals surface area contributed by atoms with E-state index in [0.717, 1.165) is 47.4 Å². The number of hydrogen-bond donors (Lipinski definition) is 5. The Morgan fingerprint density at radius 3 is 2.43 bits per heavy atom. The summed E-state index contributed by atoms with van der Waals surface area (Å²) in [5.74, 6) is 3.56. The van der Waals surface area contributed by atoms with E-state index in [9.17, 15) is 56.7 Å². The number of rotatable bonds is 15. The van der Waals surface area contributed by atoms with Gasteiger partial charge in [0.1, 0.15) is 18.1 Å². The van der Waals surface area contributed by atoms with Crippen molar-refractivity contribution >= 4 is 76.1 Å². The van der Waals surface area contributed by atoms with Crippen molar-refractivity contribution in [3.05, 3.63) is 99.4 Å². The van der Waals surface area contributed by atoms with Gasteiger partial charge in [-0.25, -0.2) is 0 Å². The average molecular weight is 1060 g/mol. The Morgan fingerprint density at radius 1 is 0.986 bits per heavy atom. The minimum absolute atomic E-state index is 0.000473. The van der Waals surface area contributed by atoms with Gasteiger partial charge in [0, 0.05) is 85.7 Å². The van der Waals surface area contributed by atoms with Crippen LogP contribution in [0.1, 0.15) is 127 Å². The summed E-state index contributed by atoms with van der Waals surface area (Å²) in [5.41, 5.74) is -2.73. The van der Waals surface area contributed by atoms with Crippen molar-refractivity contribution in [1.82, 2.24) is 25.8 Å². The monoisotopic (exact) mass is 1060 g/mol. The lowest BCUT2D eigenvalue weighted by Crippen LogP contribution is -2.58. The molecule has 3 saturated heterocycles. The van der Waals surface area contributed by atoms with Gasteiger partial charge in [0.25, 0.3) is 11.8 Å². The van der Waals surface area contributed by atoms with E-state index in [0.29, 0.717) is 72.9 Å². The summed E-state index contributed by atoms with van der Waals surface area (Å²) in [7, 11) is -5.84. The molecule has 1 aromatic heterocycles. The second kappa shape index (κ2) is 22.2. The molecule has 0 bridgehead atoms. The Balaban J connectivity index is 0.916. The lowest BCUT2D eigenvalue weighted by molar-refractivity contribution is -0.141. The third-order valence-electron chi connectivity index (χ3n) is 14.0. The number of nitrogens with one attached hydrogen (secondary N) is 3. The maximum atomic E-state index is 14.8. The number of unbranched alkanes of at least 4 members (excludes halogenated alkanes) is 1. The molecule has 1 unspecified atom stereocenters. The molecule has 74 heavy (non-hydrogen) atoms. The normalized spacial score (nSPS) is 18.9. The number of thiophene rings is 1. The zero-order valence-electron chi connectivity index (χ0n) is 41.3. The van der Waals surface area contributed by atoms with Gasteiger partial charge in [0.2, 0.25) is 29.5 Å². The van der Waals surface area contributed by atoms with Crippen LogP contribution in [-0.4, -0.2) is 112 Å². The van der Waals surface area contributed by atoms with E-state index in [-0.39, 0.29) is 66.9 Å². The van der Waals surface area contributed by atoms with Gasteiger partial charge in [-0.3, -0.25) is 43.4 Å². The first-order valence-corrected chi connectivity index (χ1v) is 27.2. The smallest absolute Gasteiger partial charge is 0.381 e.